The van der Waals surface area contributed by atoms with Gasteiger partial charge in [-0.25, -0.2) is 0 Å². The summed E-state index contributed by atoms with van der Waals surface area (Å²) in [6.07, 6.45) is -1.82. The van der Waals surface area contributed by atoms with E-state index in [9.17, 15) is 27.5 Å². The Balaban J connectivity index is 2.50. The first-order chi connectivity index (χ1) is 11.4. The van der Waals surface area contributed by atoms with Crippen LogP contribution in [-0.2, 0) is 0 Å². The smallest absolute Gasteiger partial charge is 0.388 e. The Morgan fingerprint density at radius 2 is 1.50 bits per heavy atom. The van der Waals surface area contributed by atoms with Gasteiger partial charge in [-0.2, -0.15) is 27.5 Å². The maximum absolute atomic E-state index is 12.3. The minimum atomic E-state index is -3.32. The summed E-state index contributed by atoms with van der Waals surface area (Å²) >= 11 is 0. The molecule has 0 aliphatic carbocycles. The van der Waals surface area contributed by atoms with Gasteiger partial charge in [0.05, 0.1) is 11.8 Å². The number of carbonyl (C=O) groups is 1. The van der Waals surface area contributed by atoms with Crippen LogP contribution in [-0.4, -0.2) is 29.3 Å². The Hall–Kier alpha value is -3.11. The monoisotopic (exact) mass is 346 g/mol. The molecule has 2 rings (SSSR count). The predicted molar refractivity (Wildman–Crippen MR) is 69.3 cm³/mol. The standard InChI is InChI=1S/C13H9F4N3O4/c14-10(15)23-8-6-9(24-11(16)17)19-12(18-8)20(13(21)22)7-4-2-1-3-5-7/h1-6,10-11H,(H,21,22)/p-1. The molecule has 128 valence electrons. The van der Waals surface area contributed by atoms with Gasteiger partial charge in [0.2, 0.25) is 17.7 Å². The zero-order valence-corrected chi connectivity index (χ0v) is 11.6. The first-order valence-electron chi connectivity index (χ1n) is 6.21. The quantitative estimate of drug-likeness (QED) is 0.745. The lowest BCUT2D eigenvalue weighted by Gasteiger charge is -2.23. The summed E-state index contributed by atoms with van der Waals surface area (Å²) in [4.78, 5) is 18.6. The van der Waals surface area contributed by atoms with Gasteiger partial charge in [0, 0.05) is 0 Å². The van der Waals surface area contributed by atoms with Crippen molar-refractivity contribution in [2.24, 2.45) is 0 Å². The second-order valence-electron chi connectivity index (χ2n) is 4.04. The van der Waals surface area contributed by atoms with Crippen molar-refractivity contribution in [3.05, 3.63) is 36.4 Å². The highest BCUT2D eigenvalue weighted by Gasteiger charge is 2.19. The third kappa shape index (κ3) is 4.44. The third-order valence-electron chi connectivity index (χ3n) is 2.48. The second kappa shape index (κ2) is 7.44. The SMILES string of the molecule is O=C([O-])N(c1ccccc1)c1nc(OC(F)F)cc(OC(F)F)n1. The number of aromatic nitrogens is 2. The molecular formula is C13H8F4N3O4-. The van der Waals surface area contributed by atoms with Gasteiger partial charge >= 0.3 is 13.2 Å². The summed E-state index contributed by atoms with van der Waals surface area (Å²) in [6.45, 7) is -6.64. The molecule has 2 aromatic rings. The number of halogens is 4. The predicted octanol–water partition coefficient (Wildman–Crippen LogP) is 2.16. The van der Waals surface area contributed by atoms with Crippen molar-refractivity contribution >= 4 is 17.7 Å². The number of alkyl halides is 4. The molecule has 7 nitrogen and oxygen atoms in total. The highest BCUT2D eigenvalue weighted by molar-refractivity contribution is 5.91. The van der Waals surface area contributed by atoms with E-state index in [0.29, 0.717) is 11.0 Å². The van der Waals surface area contributed by atoms with Crippen LogP contribution in [0.2, 0.25) is 0 Å². The maximum Gasteiger partial charge on any atom is 0.388 e. The van der Waals surface area contributed by atoms with Crippen LogP contribution in [0.5, 0.6) is 11.8 Å². The fourth-order valence-corrected chi connectivity index (χ4v) is 1.68. The molecule has 1 amide bonds. The molecule has 0 fully saturated rings. The van der Waals surface area contributed by atoms with E-state index < -0.39 is 37.0 Å². The summed E-state index contributed by atoms with van der Waals surface area (Å²) in [5.41, 5.74) is -0.00491. The number of carboxylic acid groups (broad SMARTS) is 1. The normalized spacial score (nSPS) is 10.8. The van der Waals surface area contributed by atoms with Gasteiger partial charge in [-0.3, -0.25) is 4.90 Å². The molecule has 24 heavy (non-hydrogen) atoms. The molecule has 1 aromatic carbocycles. The maximum atomic E-state index is 12.3. The summed E-state index contributed by atoms with van der Waals surface area (Å²) in [6, 6.07) is 7.75. The number of carbonyl (C=O) groups excluding carboxylic acids is 1. The van der Waals surface area contributed by atoms with Gasteiger partial charge in [-0.1, -0.05) is 18.2 Å². The van der Waals surface area contributed by atoms with Gasteiger partial charge in [0.25, 0.3) is 0 Å². The number of nitrogens with zero attached hydrogens (tertiary/aromatic N) is 3. The van der Waals surface area contributed by atoms with Crippen molar-refractivity contribution in [3.8, 4) is 11.8 Å². The number of amides is 1. The highest BCUT2D eigenvalue weighted by Crippen LogP contribution is 2.27. The van der Waals surface area contributed by atoms with Crippen LogP contribution >= 0.6 is 0 Å². The molecule has 0 N–H and O–H groups in total. The first kappa shape index (κ1) is 17.2. The van der Waals surface area contributed by atoms with Crippen LogP contribution in [0.25, 0.3) is 0 Å². The topological polar surface area (TPSA) is 87.6 Å². The molecule has 0 radical (unpaired) electrons. The molecule has 1 heterocycles. The fourth-order valence-electron chi connectivity index (χ4n) is 1.68. The number of para-hydroxylation sites is 1. The second-order valence-corrected chi connectivity index (χ2v) is 4.04. The highest BCUT2D eigenvalue weighted by atomic mass is 19.3. The van der Waals surface area contributed by atoms with E-state index in [1.54, 1.807) is 6.07 Å². The molecule has 0 spiro atoms. The van der Waals surface area contributed by atoms with Crippen LogP contribution in [0.15, 0.2) is 36.4 Å². The lowest BCUT2D eigenvalue weighted by Crippen LogP contribution is -2.39. The van der Waals surface area contributed by atoms with E-state index in [-0.39, 0.29) is 5.69 Å². The van der Waals surface area contributed by atoms with Crippen molar-refractivity contribution in [2.45, 2.75) is 13.2 Å². The van der Waals surface area contributed by atoms with Crippen LogP contribution < -0.4 is 19.5 Å². The van der Waals surface area contributed by atoms with Gasteiger partial charge < -0.3 is 19.4 Å². The Kier molecular flexibility index (Phi) is 5.35. The summed E-state index contributed by atoms with van der Waals surface area (Å²) in [7, 11) is 0. The van der Waals surface area contributed by atoms with E-state index in [1.165, 1.54) is 24.3 Å². The molecule has 0 atom stereocenters. The van der Waals surface area contributed by atoms with E-state index in [0.717, 1.165) is 0 Å². The lowest BCUT2D eigenvalue weighted by atomic mass is 10.3. The molecule has 0 saturated heterocycles. The average Bonchev–Trinajstić information content (AvgIpc) is 2.46. The molecule has 0 aliphatic heterocycles. The molecule has 0 unspecified atom stereocenters. The van der Waals surface area contributed by atoms with E-state index in [2.05, 4.69) is 19.4 Å². The van der Waals surface area contributed by atoms with Gasteiger partial charge in [-0.05, 0) is 12.1 Å². The Bertz CT molecular complexity index is 675. The van der Waals surface area contributed by atoms with Crippen LogP contribution in [0.1, 0.15) is 0 Å². The third-order valence-corrected chi connectivity index (χ3v) is 2.48. The van der Waals surface area contributed by atoms with Crippen molar-refractivity contribution < 1.29 is 36.9 Å². The molecular weight excluding hydrogens is 338 g/mol. The summed E-state index contributed by atoms with van der Waals surface area (Å²) in [5, 5.41) is 11.3. The van der Waals surface area contributed by atoms with E-state index >= 15 is 0 Å². The fraction of sp³-hybridized carbons (Fsp3) is 0.154. The van der Waals surface area contributed by atoms with Gasteiger partial charge in [0.15, 0.2) is 0 Å². The van der Waals surface area contributed by atoms with Crippen molar-refractivity contribution in [1.29, 1.82) is 0 Å². The number of benzene rings is 1. The lowest BCUT2D eigenvalue weighted by molar-refractivity contribution is -0.245. The largest absolute Gasteiger partial charge is 0.529 e. The van der Waals surface area contributed by atoms with Crippen LogP contribution in [0.4, 0.5) is 34.0 Å². The number of anilines is 2. The van der Waals surface area contributed by atoms with Crippen LogP contribution in [0, 0.1) is 0 Å². The van der Waals surface area contributed by atoms with Gasteiger partial charge in [-0.15, -0.1) is 0 Å². The molecule has 0 saturated carbocycles. The minimum absolute atomic E-state index is 0.00491. The van der Waals surface area contributed by atoms with Crippen molar-refractivity contribution in [3.63, 3.8) is 0 Å². The average molecular weight is 346 g/mol. The Labute approximate surface area is 132 Å². The van der Waals surface area contributed by atoms with Gasteiger partial charge in [0.1, 0.15) is 6.09 Å². The minimum Gasteiger partial charge on any atom is -0.529 e. The zero-order chi connectivity index (χ0) is 17.7. The van der Waals surface area contributed by atoms with Crippen LogP contribution in [0.3, 0.4) is 0 Å². The number of hydrogen-bond donors (Lipinski definition) is 0. The van der Waals surface area contributed by atoms with Crippen molar-refractivity contribution in [2.75, 3.05) is 4.90 Å². The molecule has 1 aromatic heterocycles. The summed E-state index contributed by atoms with van der Waals surface area (Å²) < 4.78 is 57.2. The number of hydrogen-bond acceptors (Lipinski definition) is 6. The molecule has 0 aliphatic rings. The summed E-state index contributed by atoms with van der Waals surface area (Å²) in [5.74, 6) is -2.46. The molecule has 11 heteroatoms. The Morgan fingerprint density at radius 1 is 1.00 bits per heavy atom. The van der Waals surface area contributed by atoms with E-state index in [1.807, 2.05) is 0 Å². The zero-order valence-electron chi connectivity index (χ0n) is 11.6. The first-order valence-corrected chi connectivity index (χ1v) is 6.21. The molecule has 0 bridgehead atoms. The number of ether oxygens (including phenoxy) is 2. The Morgan fingerprint density at radius 3 is 1.92 bits per heavy atom. The van der Waals surface area contributed by atoms with E-state index in [4.69, 9.17) is 0 Å². The van der Waals surface area contributed by atoms with Crippen molar-refractivity contribution in [1.82, 2.24) is 9.97 Å². The number of rotatable bonds is 6.